The monoisotopic (exact) mass is 871 g/mol. The Labute approximate surface area is 390 Å². The van der Waals surface area contributed by atoms with E-state index in [1.165, 1.54) is 42.4 Å². The van der Waals surface area contributed by atoms with Gasteiger partial charge in [-0.1, -0.05) is 170 Å². The van der Waals surface area contributed by atoms with Crippen molar-refractivity contribution < 1.29 is 9.15 Å². The van der Waals surface area contributed by atoms with E-state index in [0.717, 1.165) is 94.3 Å². The molecule has 0 radical (unpaired) electrons. The van der Waals surface area contributed by atoms with Crippen LogP contribution in [0.3, 0.4) is 0 Å². The first-order valence-electron chi connectivity index (χ1n) is 22.9. The third kappa shape index (κ3) is 5.11. The van der Waals surface area contributed by atoms with Crippen molar-refractivity contribution in [3.8, 4) is 33.8 Å². The number of anilines is 3. The van der Waals surface area contributed by atoms with Gasteiger partial charge in [-0.15, -0.1) is 11.3 Å². The lowest BCUT2D eigenvalue weighted by Gasteiger charge is -2.40. The SMILES string of the molecule is c1ccc(N(c2ccc3c(c2)sc2ccccc23)c2ccc3oc4ccccc4c3c2)c(-c2ccc3c(c2)C2(c4ccccc4-3)c3ccc4ccccc4c3Oc3c2ccc2ccccc32)c1. The summed E-state index contributed by atoms with van der Waals surface area (Å²) >= 11 is 1.85. The number of benzene rings is 11. The molecule has 4 heteroatoms. The van der Waals surface area contributed by atoms with Crippen molar-refractivity contribution >= 4 is 92.1 Å². The molecule has 0 fully saturated rings. The zero-order chi connectivity index (χ0) is 43.8. The predicted octanol–water partition coefficient (Wildman–Crippen LogP) is 17.9. The van der Waals surface area contributed by atoms with Gasteiger partial charge in [-0.25, -0.2) is 0 Å². The first-order chi connectivity index (χ1) is 33.2. The van der Waals surface area contributed by atoms with Crippen molar-refractivity contribution in [3.05, 3.63) is 247 Å². The molecule has 0 amide bonds. The maximum Gasteiger partial charge on any atom is 0.140 e. The fourth-order valence-corrected chi connectivity index (χ4v) is 12.8. The Balaban J connectivity index is 0.998. The molecule has 0 saturated carbocycles. The molecule has 3 nitrogen and oxygen atoms in total. The van der Waals surface area contributed by atoms with Crippen LogP contribution in [0.5, 0.6) is 11.5 Å². The average Bonchev–Trinajstić information content (AvgIpc) is 4.04. The van der Waals surface area contributed by atoms with Crippen LogP contribution in [0.15, 0.2) is 229 Å². The minimum Gasteiger partial charge on any atom is -0.456 e. The Bertz CT molecular complexity index is 4150. The standard InChI is InChI=1S/C63H37NO2S/c1-3-16-44-38(13-1)26-32-53-61(44)66-62-45-17-4-2-14-39(45)27-33-54(62)63(53)52-21-9-5-18-46(52)47-30-25-40(35-55(47)63)43-15-6-10-22-56(43)64(41-29-34-58-51(36-41)48-19-7-11-23-57(48)65-58)42-28-31-50-49-20-8-12-24-59(49)67-60(50)37-42/h1-37H. The van der Waals surface area contributed by atoms with Gasteiger partial charge in [-0.2, -0.15) is 0 Å². The zero-order valence-electron chi connectivity index (χ0n) is 36.0. The van der Waals surface area contributed by atoms with Crippen molar-refractivity contribution in [2.24, 2.45) is 0 Å². The fraction of sp³-hybridized carbons (Fsp3) is 0.0159. The van der Waals surface area contributed by atoms with Crippen molar-refractivity contribution in [3.63, 3.8) is 0 Å². The maximum atomic E-state index is 7.27. The summed E-state index contributed by atoms with van der Waals surface area (Å²) in [5.74, 6) is 1.83. The number of furan rings is 1. The van der Waals surface area contributed by atoms with Crippen molar-refractivity contribution in [1.82, 2.24) is 0 Å². The van der Waals surface area contributed by atoms with Crippen LogP contribution in [0.2, 0.25) is 0 Å². The summed E-state index contributed by atoms with van der Waals surface area (Å²) in [6, 6.07) is 82.2. The summed E-state index contributed by atoms with van der Waals surface area (Å²) in [5, 5.41) is 9.29. The van der Waals surface area contributed by atoms with Crippen molar-refractivity contribution in [2.45, 2.75) is 5.41 Å². The third-order valence-electron chi connectivity index (χ3n) is 14.5. The third-order valence-corrected chi connectivity index (χ3v) is 15.6. The van der Waals surface area contributed by atoms with E-state index in [9.17, 15) is 0 Å². The zero-order valence-corrected chi connectivity index (χ0v) is 36.9. The number of rotatable bonds is 4. The Morgan fingerprint density at radius 1 is 0.358 bits per heavy atom. The Kier molecular flexibility index (Phi) is 7.58. The van der Waals surface area contributed by atoms with E-state index in [2.05, 4.69) is 223 Å². The van der Waals surface area contributed by atoms with Gasteiger partial charge in [-0.05, 0) is 93.2 Å². The summed E-state index contributed by atoms with van der Waals surface area (Å²) in [5.41, 5.74) is 13.9. The Morgan fingerprint density at radius 3 is 1.76 bits per heavy atom. The van der Waals surface area contributed by atoms with E-state index in [1.54, 1.807) is 0 Å². The van der Waals surface area contributed by atoms with E-state index >= 15 is 0 Å². The number of fused-ring (bicyclic) bond motifs is 19. The second-order valence-electron chi connectivity index (χ2n) is 17.9. The van der Waals surface area contributed by atoms with Gasteiger partial charge in [0.1, 0.15) is 22.7 Å². The van der Waals surface area contributed by atoms with E-state index in [1.807, 2.05) is 17.4 Å². The summed E-state index contributed by atoms with van der Waals surface area (Å²) in [4.78, 5) is 2.44. The number of nitrogens with zero attached hydrogens (tertiary/aromatic N) is 1. The second-order valence-corrected chi connectivity index (χ2v) is 19.0. The molecular formula is C63H37NO2S. The minimum atomic E-state index is -0.660. The normalized spacial score (nSPS) is 13.3. The molecule has 11 aromatic carbocycles. The molecule has 1 aliphatic heterocycles. The molecule has 13 aromatic rings. The molecule has 15 rings (SSSR count). The summed E-state index contributed by atoms with van der Waals surface area (Å²) in [6.07, 6.45) is 0. The van der Waals surface area contributed by atoms with Crippen LogP contribution in [-0.2, 0) is 5.41 Å². The molecule has 3 heterocycles. The van der Waals surface area contributed by atoms with Crippen LogP contribution >= 0.6 is 11.3 Å². The van der Waals surface area contributed by atoms with Crippen LogP contribution < -0.4 is 9.64 Å². The molecule has 0 saturated heterocycles. The summed E-state index contributed by atoms with van der Waals surface area (Å²) in [6.45, 7) is 0. The Morgan fingerprint density at radius 2 is 0.955 bits per heavy atom. The molecule has 0 bridgehead atoms. The molecule has 2 aromatic heterocycles. The number of thiophene rings is 1. The van der Waals surface area contributed by atoms with E-state index in [4.69, 9.17) is 9.15 Å². The summed E-state index contributed by atoms with van der Waals surface area (Å²) in [7, 11) is 0. The van der Waals surface area contributed by atoms with Gasteiger partial charge >= 0.3 is 0 Å². The molecule has 1 aliphatic carbocycles. The predicted molar refractivity (Wildman–Crippen MR) is 279 cm³/mol. The molecule has 2 aliphatic rings. The smallest absolute Gasteiger partial charge is 0.140 e. The second kappa shape index (κ2) is 13.8. The van der Waals surface area contributed by atoms with Crippen molar-refractivity contribution in [1.29, 1.82) is 0 Å². The summed E-state index contributed by atoms with van der Waals surface area (Å²) < 4.78 is 16.2. The molecular weight excluding hydrogens is 835 g/mol. The lowest BCUT2D eigenvalue weighted by Crippen LogP contribution is -2.32. The molecule has 0 N–H and O–H groups in total. The van der Waals surface area contributed by atoms with E-state index in [-0.39, 0.29) is 0 Å². The highest BCUT2D eigenvalue weighted by molar-refractivity contribution is 7.25. The average molecular weight is 872 g/mol. The van der Waals surface area contributed by atoms with Gasteiger partial charge in [0, 0.05) is 69.8 Å². The molecule has 0 atom stereocenters. The highest BCUT2D eigenvalue weighted by atomic mass is 32.1. The quantitative estimate of drug-likeness (QED) is 0.176. The first-order valence-corrected chi connectivity index (χ1v) is 23.7. The van der Waals surface area contributed by atoms with E-state index < -0.39 is 5.41 Å². The molecule has 67 heavy (non-hydrogen) atoms. The van der Waals surface area contributed by atoms with E-state index in [0.29, 0.717) is 0 Å². The van der Waals surface area contributed by atoms with Gasteiger partial charge in [0.05, 0.1) is 11.1 Å². The molecule has 0 unspecified atom stereocenters. The lowest BCUT2D eigenvalue weighted by molar-refractivity contribution is 0.447. The number of para-hydroxylation sites is 2. The number of hydrogen-bond acceptors (Lipinski definition) is 4. The topological polar surface area (TPSA) is 25.6 Å². The highest BCUT2D eigenvalue weighted by Gasteiger charge is 2.52. The first kappa shape index (κ1) is 36.9. The van der Waals surface area contributed by atoms with Crippen LogP contribution in [0.25, 0.3) is 85.9 Å². The molecule has 312 valence electrons. The van der Waals surface area contributed by atoms with Gasteiger partial charge in [-0.3, -0.25) is 0 Å². The van der Waals surface area contributed by atoms with Gasteiger partial charge in [0.2, 0.25) is 0 Å². The molecule has 1 spiro atoms. The largest absolute Gasteiger partial charge is 0.456 e. The van der Waals surface area contributed by atoms with Crippen molar-refractivity contribution in [2.75, 3.05) is 4.90 Å². The van der Waals surface area contributed by atoms with Crippen LogP contribution in [0.4, 0.5) is 17.1 Å². The number of ether oxygens (including phenoxy) is 1. The maximum absolute atomic E-state index is 7.27. The number of hydrogen-bond donors (Lipinski definition) is 0. The van der Waals surface area contributed by atoms with Gasteiger partial charge in [0.25, 0.3) is 0 Å². The van der Waals surface area contributed by atoms with Gasteiger partial charge < -0.3 is 14.1 Å². The van der Waals surface area contributed by atoms with Crippen LogP contribution in [0, 0.1) is 0 Å². The highest BCUT2D eigenvalue weighted by Crippen LogP contribution is 2.64. The van der Waals surface area contributed by atoms with Gasteiger partial charge in [0.15, 0.2) is 0 Å². The Hall–Kier alpha value is -8.44. The lowest BCUT2D eigenvalue weighted by atomic mass is 9.65. The minimum absolute atomic E-state index is 0.660. The van der Waals surface area contributed by atoms with Crippen LogP contribution in [0.1, 0.15) is 22.3 Å². The van der Waals surface area contributed by atoms with Crippen LogP contribution in [-0.4, -0.2) is 0 Å². The fourth-order valence-electron chi connectivity index (χ4n) is 11.6.